The third-order valence-electron chi connectivity index (χ3n) is 2.77. The summed E-state index contributed by atoms with van der Waals surface area (Å²) in [6, 6.07) is 11.2. The fraction of sp³-hybridized carbons (Fsp3) is 0.286. The van der Waals surface area contributed by atoms with Gasteiger partial charge >= 0.3 is 0 Å². The molecule has 0 spiro atoms. The van der Waals surface area contributed by atoms with Crippen molar-refractivity contribution in [1.29, 1.82) is 0 Å². The lowest BCUT2D eigenvalue weighted by atomic mass is 10.0. The van der Waals surface area contributed by atoms with Gasteiger partial charge in [0.15, 0.2) is 0 Å². The summed E-state index contributed by atoms with van der Waals surface area (Å²) < 4.78 is 2.46. The standard InChI is InChI=1S/C14H15BrINS/c1-2-17-14(9-11-4-3-7-18-11)12-8-10(15)5-6-13(12)16/h3-8,14,17H,2,9H2,1H3. The van der Waals surface area contributed by atoms with E-state index in [9.17, 15) is 0 Å². The topological polar surface area (TPSA) is 12.0 Å². The maximum absolute atomic E-state index is 3.59. The van der Waals surface area contributed by atoms with E-state index in [0.717, 1.165) is 17.4 Å². The average molecular weight is 436 g/mol. The second-order valence-corrected chi connectivity index (χ2v) is 7.17. The van der Waals surface area contributed by atoms with E-state index in [4.69, 9.17) is 0 Å². The molecule has 4 heteroatoms. The summed E-state index contributed by atoms with van der Waals surface area (Å²) in [4.78, 5) is 1.43. The van der Waals surface area contributed by atoms with Crippen molar-refractivity contribution in [1.82, 2.24) is 5.32 Å². The van der Waals surface area contributed by atoms with Crippen LogP contribution in [0.5, 0.6) is 0 Å². The SMILES string of the molecule is CCNC(Cc1cccs1)c1cc(Br)ccc1I. The molecule has 0 aliphatic rings. The molecule has 1 aromatic heterocycles. The highest BCUT2D eigenvalue weighted by Crippen LogP contribution is 2.27. The predicted molar refractivity (Wildman–Crippen MR) is 91.3 cm³/mol. The minimum atomic E-state index is 0.387. The van der Waals surface area contributed by atoms with Crippen molar-refractivity contribution >= 4 is 49.9 Å². The Bertz CT molecular complexity index is 499. The van der Waals surface area contributed by atoms with Crippen LogP contribution in [0.25, 0.3) is 0 Å². The molecule has 1 unspecified atom stereocenters. The molecular weight excluding hydrogens is 421 g/mol. The molecule has 18 heavy (non-hydrogen) atoms. The van der Waals surface area contributed by atoms with E-state index in [1.807, 2.05) is 11.3 Å². The Hall–Kier alpha value is 0.0900. The van der Waals surface area contributed by atoms with Crippen LogP contribution in [-0.2, 0) is 6.42 Å². The molecule has 0 saturated heterocycles. The first-order valence-electron chi connectivity index (χ1n) is 5.91. The lowest BCUT2D eigenvalue weighted by molar-refractivity contribution is 0.551. The molecule has 0 fully saturated rings. The second-order valence-electron chi connectivity index (χ2n) is 4.06. The van der Waals surface area contributed by atoms with Crippen molar-refractivity contribution in [3.05, 3.63) is 54.2 Å². The van der Waals surface area contributed by atoms with E-state index in [1.54, 1.807) is 0 Å². The molecule has 2 aromatic rings. The summed E-state index contributed by atoms with van der Waals surface area (Å²) in [5.74, 6) is 0. The quantitative estimate of drug-likeness (QED) is 0.651. The van der Waals surface area contributed by atoms with Crippen LogP contribution >= 0.6 is 49.9 Å². The number of hydrogen-bond donors (Lipinski definition) is 1. The molecule has 0 saturated carbocycles. The van der Waals surface area contributed by atoms with Crippen molar-refractivity contribution in [2.24, 2.45) is 0 Å². The van der Waals surface area contributed by atoms with Gasteiger partial charge in [-0.3, -0.25) is 0 Å². The highest BCUT2D eigenvalue weighted by Gasteiger charge is 2.15. The van der Waals surface area contributed by atoms with Crippen LogP contribution in [0.2, 0.25) is 0 Å². The number of halogens is 2. The maximum atomic E-state index is 3.59. The molecule has 0 aliphatic carbocycles. The summed E-state index contributed by atoms with van der Waals surface area (Å²) in [6.07, 6.45) is 1.05. The summed E-state index contributed by atoms with van der Waals surface area (Å²) in [5, 5.41) is 5.73. The first-order chi connectivity index (χ1) is 8.70. The van der Waals surface area contributed by atoms with E-state index in [0.29, 0.717) is 6.04 Å². The maximum Gasteiger partial charge on any atom is 0.0379 e. The van der Waals surface area contributed by atoms with Crippen molar-refractivity contribution < 1.29 is 0 Å². The number of benzene rings is 1. The van der Waals surface area contributed by atoms with Crippen molar-refractivity contribution in [3.8, 4) is 0 Å². The van der Waals surface area contributed by atoms with Gasteiger partial charge < -0.3 is 5.32 Å². The van der Waals surface area contributed by atoms with Crippen LogP contribution in [0, 0.1) is 3.57 Å². The van der Waals surface area contributed by atoms with E-state index in [1.165, 1.54) is 14.0 Å². The molecule has 1 atom stereocenters. The molecule has 1 nitrogen and oxygen atoms in total. The van der Waals surface area contributed by atoms with Gasteiger partial charge in [-0.25, -0.2) is 0 Å². The lowest BCUT2D eigenvalue weighted by Gasteiger charge is -2.19. The number of hydrogen-bond acceptors (Lipinski definition) is 2. The summed E-state index contributed by atoms with van der Waals surface area (Å²) >= 11 is 7.81. The van der Waals surface area contributed by atoms with Crippen molar-refractivity contribution in [3.63, 3.8) is 0 Å². The molecular formula is C14H15BrINS. The minimum Gasteiger partial charge on any atom is -0.310 e. The first kappa shape index (κ1) is 14.5. The van der Waals surface area contributed by atoms with Crippen LogP contribution in [0.4, 0.5) is 0 Å². The third-order valence-corrected chi connectivity index (χ3v) is 5.14. The zero-order valence-corrected chi connectivity index (χ0v) is 14.7. The van der Waals surface area contributed by atoms with Crippen molar-refractivity contribution in [2.75, 3.05) is 6.54 Å². The van der Waals surface area contributed by atoms with Crippen molar-refractivity contribution in [2.45, 2.75) is 19.4 Å². The summed E-state index contributed by atoms with van der Waals surface area (Å²) in [5.41, 5.74) is 1.38. The molecule has 0 bridgehead atoms. The summed E-state index contributed by atoms with van der Waals surface area (Å²) in [6.45, 7) is 3.14. The fourth-order valence-electron chi connectivity index (χ4n) is 1.95. The molecule has 0 radical (unpaired) electrons. The number of rotatable bonds is 5. The fourth-order valence-corrected chi connectivity index (χ4v) is 3.79. The van der Waals surface area contributed by atoms with Gasteiger partial charge in [-0.05, 0) is 64.3 Å². The Morgan fingerprint density at radius 2 is 2.22 bits per heavy atom. The van der Waals surface area contributed by atoms with E-state index >= 15 is 0 Å². The van der Waals surface area contributed by atoms with Gasteiger partial charge in [0.25, 0.3) is 0 Å². The molecule has 0 amide bonds. The zero-order chi connectivity index (χ0) is 13.0. The number of likely N-dealkylation sites (N-methyl/N-ethyl adjacent to an activating group) is 1. The lowest BCUT2D eigenvalue weighted by Crippen LogP contribution is -2.23. The van der Waals surface area contributed by atoms with E-state index in [-0.39, 0.29) is 0 Å². The van der Waals surface area contributed by atoms with Crippen LogP contribution in [0.3, 0.4) is 0 Å². The molecule has 1 heterocycles. The minimum absolute atomic E-state index is 0.387. The van der Waals surface area contributed by atoms with Gasteiger partial charge in [-0.15, -0.1) is 11.3 Å². The smallest absolute Gasteiger partial charge is 0.0379 e. The Morgan fingerprint density at radius 3 is 2.89 bits per heavy atom. The Labute approximate surface area is 134 Å². The molecule has 96 valence electrons. The number of thiophene rings is 1. The second kappa shape index (κ2) is 7.03. The van der Waals surface area contributed by atoms with Gasteiger partial charge in [0.1, 0.15) is 0 Å². The van der Waals surface area contributed by atoms with E-state index in [2.05, 4.69) is 86.5 Å². The predicted octanol–water partition coefficient (Wildman–Crippen LogP) is 5.01. The zero-order valence-electron chi connectivity index (χ0n) is 10.1. The monoisotopic (exact) mass is 435 g/mol. The van der Waals surface area contributed by atoms with Crippen LogP contribution < -0.4 is 5.32 Å². The first-order valence-corrected chi connectivity index (χ1v) is 8.66. The Balaban J connectivity index is 2.26. The van der Waals surface area contributed by atoms with Crippen LogP contribution in [0.15, 0.2) is 40.2 Å². The normalized spacial score (nSPS) is 12.6. The molecule has 1 N–H and O–H groups in total. The van der Waals surface area contributed by atoms with Crippen LogP contribution in [0.1, 0.15) is 23.4 Å². The third kappa shape index (κ3) is 3.79. The Kier molecular flexibility index (Phi) is 5.66. The van der Waals surface area contributed by atoms with Gasteiger partial charge in [0.2, 0.25) is 0 Å². The molecule has 2 rings (SSSR count). The van der Waals surface area contributed by atoms with E-state index < -0.39 is 0 Å². The van der Waals surface area contributed by atoms with Gasteiger partial charge in [-0.2, -0.15) is 0 Å². The molecule has 0 aliphatic heterocycles. The highest BCUT2D eigenvalue weighted by atomic mass is 127. The highest BCUT2D eigenvalue weighted by molar-refractivity contribution is 14.1. The average Bonchev–Trinajstić information content (AvgIpc) is 2.85. The molecule has 1 aromatic carbocycles. The van der Waals surface area contributed by atoms with Gasteiger partial charge in [0, 0.05) is 25.4 Å². The summed E-state index contributed by atoms with van der Waals surface area (Å²) in [7, 11) is 0. The van der Waals surface area contributed by atoms with Gasteiger partial charge in [0.05, 0.1) is 0 Å². The van der Waals surface area contributed by atoms with Gasteiger partial charge in [-0.1, -0.05) is 28.9 Å². The number of nitrogens with one attached hydrogen (secondary N) is 1. The largest absolute Gasteiger partial charge is 0.310 e. The van der Waals surface area contributed by atoms with Crippen LogP contribution in [-0.4, -0.2) is 6.54 Å². The Morgan fingerprint density at radius 1 is 1.39 bits per heavy atom.